The van der Waals surface area contributed by atoms with Crippen molar-refractivity contribution in [3.8, 4) is 11.8 Å². The highest BCUT2D eigenvalue weighted by atomic mass is 19.1. The number of hydrogen-bond donors (Lipinski definition) is 1. The highest BCUT2D eigenvalue weighted by molar-refractivity contribution is 5.41. The van der Waals surface area contributed by atoms with E-state index in [1.165, 1.54) is 31.4 Å². The van der Waals surface area contributed by atoms with Crippen molar-refractivity contribution in [1.82, 2.24) is 0 Å². The van der Waals surface area contributed by atoms with Gasteiger partial charge in [0.25, 0.3) is 0 Å². The molecule has 19 heavy (non-hydrogen) atoms. The molecule has 0 bridgehead atoms. The summed E-state index contributed by atoms with van der Waals surface area (Å²) in [6.45, 7) is 3.09. The third kappa shape index (κ3) is 6.37. The fourth-order valence-corrected chi connectivity index (χ4v) is 1.74. The van der Waals surface area contributed by atoms with E-state index in [0.717, 1.165) is 12.0 Å². The molecule has 0 heterocycles. The molecule has 0 aliphatic carbocycles. The van der Waals surface area contributed by atoms with Gasteiger partial charge in [0.2, 0.25) is 0 Å². The van der Waals surface area contributed by atoms with Crippen molar-refractivity contribution in [2.75, 3.05) is 13.2 Å². The summed E-state index contributed by atoms with van der Waals surface area (Å²) in [5.41, 5.74) is 1.44. The number of halogens is 1. The lowest BCUT2D eigenvalue weighted by Crippen LogP contribution is -1.98. The molecule has 0 fully saturated rings. The normalized spacial score (nSPS) is 10.1. The number of benzene rings is 1. The van der Waals surface area contributed by atoms with Crippen molar-refractivity contribution in [3.05, 3.63) is 35.1 Å². The smallest absolute Gasteiger partial charge is 0.124 e. The van der Waals surface area contributed by atoms with Gasteiger partial charge in [-0.3, -0.25) is 0 Å². The molecule has 0 aromatic heterocycles. The van der Waals surface area contributed by atoms with Gasteiger partial charge in [-0.15, -0.1) is 0 Å². The van der Waals surface area contributed by atoms with Gasteiger partial charge in [-0.25, -0.2) is 4.39 Å². The molecule has 0 aliphatic rings. The van der Waals surface area contributed by atoms with Gasteiger partial charge < -0.3 is 9.84 Å². The lowest BCUT2D eigenvalue weighted by molar-refractivity contribution is 0.116. The van der Waals surface area contributed by atoms with Crippen LogP contribution in [-0.4, -0.2) is 18.3 Å². The molecule has 0 amide bonds. The van der Waals surface area contributed by atoms with Gasteiger partial charge in [-0.05, 0) is 24.1 Å². The molecular weight excluding hydrogens is 243 g/mol. The summed E-state index contributed by atoms with van der Waals surface area (Å²) in [6, 6.07) is 4.46. The van der Waals surface area contributed by atoms with Crippen LogP contribution < -0.4 is 0 Å². The third-order valence-electron chi connectivity index (χ3n) is 2.77. The van der Waals surface area contributed by atoms with E-state index in [-0.39, 0.29) is 12.4 Å². The van der Waals surface area contributed by atoms with E-state index < -0.39 is 0 Å². The van der Waals surface area contributed by atoms with E-state index in [9.17, 15) is 4.39 Å². The van der Waals surface area contributed by atoms with E-state index in [2.05, 4.69) is 18.8 Å². The molecule has 0 aliphatic heterocycles. The number of ether oxygens (including phenoxy) is 1. The summed E-state index contributed by atoms with van der Waals surface area (Å²) in [6.07, 6.45) is 4.66. The average molecular weight is 264 g/mol. The number of rotatable bonds is 7. The zero-order valence-corrected chi connectivity index (χ0v) is 11.4. The zero-order chi connectivity index (χ0) is 13.9. The van der Waals surface area contributed by atoms with Crippen molar-refractivity contribution < 1.29 is 14.2 Å². The first kappa shape index (κ1) is 15.7. The topological polar surface area (TPSA) is 29.5 Å². The molecule has 0 atom stereocenters. The largest absolute Gasteiger partial charge is 0.384 e. The van der Waals surface area contributed by atoms with Crippen LogP contribution >= 0.6 is 0 Å². The first-order chi connectivity index (χ1) is 9.27. The number of hydrogen-bond acceptors (Lipinski definition) is 2. The Kier molecular flexibility index (Phi) is 7.88. The Morgan fingerprint density at radius 2 is 2.11 bits per heavy atom. The first-order valence-electron chi connectivity index (χ1n) is 6.73. The van der Waals surface area contributed by atoms with Crippen molar-refractivity contribution in [1.29, 1.82) is 0 Å². The SMILES string of the molecule is CCCCCCOCc1ccc(F)cc1C#CCO. The van der Waals surface area contributed by atoms with Crippen molar-refractivity contribution in [2.24, 2.45) is 0 Å². The van der Waals surface area contributed by atoms with Crippen molar-refractivity contribution in [2.45, 2.75) is 39.2 Å². The van der Waals surface area contributed by atoms with Gasteiger partial charge in [0.05, 0.1) is 6.61 Å². The Labute approximate surface area is 114 Å². The summed E-state index contributed by atoms with van der Waals surface area (Å²) >= 11 is 0. The Hall–Kier alpha value is -1.37. The molecule has 1 aromatic rings. The van der Waals surface area contributed by atoms with Crippen LogP contribution in [0.2, 0.25) is 0 Å². The molecule has 1 aromatic carbocycles. The Morgan fingerprint density at radius 1 is 1.26 bits per heavy atom. The summed E-state index contributed by atoms with van der Waals surface area (Å²) in [4.78, 5) is 0. The maximum absolute atomic E-state index is 13.1. The maximum atomic E-state index is 13.1. The second kappa shape index (κ2) is 9.55. The van der Waals surface area contributed by atoms with E-state index in [1.807, 2.05) is 0 Å². The number of aliphatic hydroxyl groups excluding tert-OH is 1. The molecule has 3 heteroatoms. The summed E-state index contributed by atoms with van der Waals surface area (Å²) in [5, 5.41) is 8.69. The molecular formula is C16H21FO2. The molecule has 0 spiro atoms. The number of unbranched alkanes of at least 4 members (excludes halogenated alkanes) is 3. The van der Waals surface area contributed by atoms with E-state index in [0.29, 0.717) is 18.8 Å². The van der Waals surface area contributed by atoms with Crippen molar-refractivity contribution >= 4 is 0 Å². The lowest BCUT2D eigenvalue weighted by Gasteiger charge is -2.06. The third-order valence-corrected chi connectivity index (χ3v) is 2.77. The minimum absolute atomic E-state index is 0.228. The monoisotopic (exact) mass is 264 g/mol. The fourth-order valence-electron chi connectivity index (χ4n) is 1.74. The number of aliphatic hydroxyl groups is 1. The van der Waals surface area contributed by atoms with Crippen LogP contribution in [0.3, 0.4) is 0 Å². The molecule has 2 nitrogen and oxygen atoms in total. The zero-order valence-electron chi connectivity index (χ0n) is 11.4. The van der Waals surface area contributed by atoms with Crippen LogP contribution in [0.15, 0.2) is 18.2 Å². The Bertz CT molecular complexity index is 432. The summed E-state index contributed by atoms with van der Waals surface area (Å²) in [7, 11) is 0. The second-order valence-corrected chi connectivity index (χ2v) is 4.37. The van der Waals surface area contributed by atoms with Crippen molar-refractivity contribution in [3.63, 3.8) is 0 Å². The van der Waals surface area contributed by atoms with E-state index in [1.54, 1.807) is 6.07 Å². The molecule has 1 N–H and O–H groups in total. The van der Waals surface area contributed by atoms with Gasteiger partial charge in [0.15, 0.2) is 0 Å². The van der Waals surface area contributed by atoms with E-state index >= 15 is 0 Å². The summed E-state index contributed by atoms with van der Waals surface area (Å²) < 4.78 is 18.7. The lowest BCUT2D eigenvalue weighted by atomic mass is 10.1. The molecule has 0 saturated carbocycles. The van der Waals surface area contributed by atoms with Crippen LogP contribution in [0.25, 0.3) is 0 Å². The van der Waals surface area contributed by atoms with Crippen LogP contribution in [0, 0.1) is 17.7 Å². The molecule has 104 valence electrons. The van der Waals surface area contributed by atoms with Crippen LogP contribution in [0.1, 0.15) is 43.7 Å². The quantitative estimate of drug-likeness (QED) is 0.605. The average Bonchev–Trinajstić information content (AvgIpc) is 2.42. The summed E-state index contributed by atoms with van der Waals surface area (Å²) in [5.74, 6) is 4.95. The van der Waals surface area contributed by atoms with Gasteiger partial charge in [-0.2, -0.15) is 0 Å². The Balaban J connectivity index is 2.48. The van der Waals surface area contributed by atoms with Crippen LogP contribution in [0.4, 0.5) is 4.39 Å². The van der Waals surface area contributed by atoms with Crippen LogP contribution in [-0.2, 0) is 11.3 Å². The molecule has 0 radical (unpaired) electrons. The van der Waals surface area contributed by atoms with Gasteiger partial charge in [0, 0.05) is 12.2 Å². The van der Waals surface area contributed by atoms with Gasteiger partial charge in [-0.1, -0.05) is 44.1 Å². The Morgan fingerprint density at radius 3 is 2.84 bits per heavy atom. The predicted octanol–water partition coefficient (Wildman–Crippen LogP) is 3.27. The minimum atomic E-state index is -0.325. The predicted molar refractivity (Wildman–Crippen MR) is 74.2 cm³/mol. The minimum Gasteiger partial charge on any atom is -0.384 e. The second-order valence-electron chi connectivity index (χ2n) is 4.37. The standard InChI is InChI=1S/C16H21FO2/c1-2-3-4-5-11-19-13-15-8-9-16(17)12-14(15)7-6-10-18/h8-9,12,18H,2-5,10-11,13H2,1H3. The van der Waals surface area contributed by atoms with Gasteiger partial charge in [0.1, 0.15) is 12.4 Å². The fraction of sp³-hybridized carbons (Fsp3) is 0.500. The highest BCUT2D eigenvalue weighted by Gasteiger charge is 2.02. The maximum Gasteiger partial charge on any atom is 0.124 e. The van der Waals surface area contributed by atoms with Gasteiger partial charge >= 0.3 is 0 Å². The molecule has 0 saturated heterocycles. The molecule has 0 unspecified atom stereocenters. The van der Waals surface area contributed by atoms with E-state index in [4.69, 9.17) is 9.84 Å². The highest BCUT2D eigenvalue weighted by Crippen LogP contribution is 2.12. The molecule has 1 rings (SSSR count). The van der Waals surface area contributed by atoms with Crippen LogP contribution in [0.5, 0.6) is 0 Å². The first-order valence-corrected chi connectivity index (χ1v) is 6.73.